The van der Waals surface area contributed by atoms with Crippen LogP contribution in [0.15, 0.2) is 37.4 Å². The molecule has 0 aliphatic rings. The molecule has 0 spiro atoms. The maximum atomic E-state index is 9.99. The Morgan fingerprint density at radius 1 is 1.23 bits per heavy atom. The first-order chi connectivity index (χ1) is 10.4. The van der Waals surface area contributed by atoms with Gasteiger partial charge >= 0.3 is 0 Å². The molecular weight excluding hydrogens is 280 g/mol. The minimum atomic E-state index is -0.634. The monoisotopic (exact) mass is 306 g/mol. The molecular formula is C18H26O4. The highest BCUT2D eigenvalue weighted by molar-refractivity contribution is 5.54. The molecule has 4 nitrogen and oxygen atoms in total. The zero-order valence-corrected chi connectivity index (χ0v) is 13.9. The molecule has 4 heteroatoms. The van der Waals surface area contributed by atoms with Gasteiger partial charge in [-0.3, -0.25) is 0 Å². The van der Waals surface area contributed by atoms with Gasteiger partial charge in [0.2, 0.25) is 0 Å². The van der Waals surface area contributed by atoms with Gasteiger partial charge < -0.3 is 19.3 Å². The van der Waals surface area contributed by atoms with Gasteiger partial charge in [-0.25, -0.2) is 0 Å². The largest absolute Gasteiger partial charge is 0.493 e. The molecule has 122 valence electrons. The van der Waals surface area contributed by atoms with Gasteiger partial charge in [-0.05, 0) is 24.1 Å². The van der Waals surface area contributed by atoms with E-state index in [9.17, 15) is 5.11 Å². The normalized spacial score (nSPS) is 14.8. The molecule has 0 saturated carbocycles. The number of methoxy groups -OCH3 is 3. The van der Waals surface area contributed by atoms with E-state index in [-0.39, 0.29) is 0 Å². The Morgan fingerprint density at radius 2 is 1.91 bits per heavy atom. The van der Waals surface area contributed by atoms with E-state index >= 15 is 0 Å². The second-order valence-corrected chi connectivity index (χ2v) is 5.44. The van der Waals surface area contributed by atoms with Crippen LogP contribution in [0.5, 0.6) is 11.5 Å². The van der Waals surface area contributed by atoms with E-state index in [2.05, 4.69) is 13.2 Å². The molecule has 0 bridgehead atoms. The summed E-state index contributed by atoms with van der Waals surface area (Å²) in [5, 5.41) is 9.99. The zero-order valence-electron chi connectivity index (χ0n) is 13.9. The van der Waals surface area contributed by atoms with Crippen molar-refractivity contribution in [2.24, 2.45) is 0 Å². The number of aliphatic hydroxyl groups excluding tert-OH is 1. The van der Waals surface area contributed by atoms with Crippen LogP contribution < -0.4 is 9.47 Å². The Kier molecular flexibility index (Phi) is 6.65. The lowest BCUT2D eigenvalue weighted by molar-refractivity contribution is 0.182. The predicted molar refractivity (Wildman–Crippen MR) is 88.6 cm³/mol. The van der Waals surface area contributed by atoms with Gasteiger partial charge in [-0.15, -0.1) is 13.2 Å². The Labute approximate surface area is 133 Å². The number of hydrogen-bond acceptors (Lipinski definition) is 4. The number of benzene rings is 1. The highest BCUT2D eigenvalue weighted by atomic mass is 16.5. The van der Waals surface area contributed by atoms with Crippen molar-refractivity contribution in [3.63, 3.8) is 0 Å². The molecule has 0 aliphatic carbocycles. The van der Waals surface area contributed by atoms with Crippen molar-refractivity contribution in [1.82, 2.24) is 0 Å². The molecule has 0 aliphatic heterocycles. The Morgan fingerprint density at radius 3 is 2.36 bits per heavy atom. The molecule has 0 aromatic heterocycles. The number of aliphatic hydroxyl groups is 1. The van der Waals surface area contributed by atoms with E-state index in [1.165, 1.54) is 6.08 Å². The van der Waals surface area contributed by atoms with Gasteiger partial charge in [0.25, 0.3) is 0 Å². The topological polar surface area (TPSA) is 47.9 Å². The van der Waals surface area contributed by atoms with Crippen molar-refractivity contribution >= 4 is 0 Å². The van der Waals surface area contributed by atoms with Gasteiger partial charge in [0.1, 0.15) is 0 Å². The van der Waals surface area contributed by atoms with Crippen molar-refractivity contribution < 1.29 is 19.3 Å². The number of allylic oxidation sites excluding steroid dienone is 1. The van der Waals surface area contributed by atoms with Crippen molar-refractivity contribution in [3.8, 4) is 11.5 Å². The summed E-state index contributed by atoms with van der Waals surface area (Å²) in [5.41, 5.74) is 1.38. The van der Waals surface area contributed by atoms with Crippen LogP contribution in [0.25, 0.3) is 0 Å². The van der Waals surface area contributed by atoms with Gasteiger partial charge in [0.15, 0.2) is 11.5 Å². The third-order valence-corrected chi connectivity index (χ3v) is 3.82. The first-order valence-electron chi connectivity index (χ1n) is 7.14. The molecule has 0 heterocycles. The van der Waals surface area contributed by atoms with Crippen LogP contribution in [0.1, 0.15) is 24.5 Å². The quantitative estimate of drug-likeness (QED) is 0.712. The summed E-state index contributed by atoms with van der Waals surface area (Å²) in [4.78, 5) is 0. The van der Waals surface area contributed by atoms with Crippen LogP contribution in [0.2, 0.25) is 0 Å². The summed E-state index contributed by atoms with van der Waals surface area (Å²) in [5.74, 6) is 1.27. The number of hydrogen-bond donors (Lipinski definition) is 1. The van der Waals surface area contributed by atoms with E-state index in [0.717, 1.165) is 11.1 Å². The molecule has 1 aromatic rings. The summed E-state index contributed by atoms with van der Waals surface area (Å²) in [6.07, 6.45) is 3.15. The minimum absolute atomic E-state index is 0.454. The average molecular weight is 306 g/mol. The van der Waals surface area contributed by atoms with Crippen LogP contribution in [0, 0.1) is 0 Å². The van der Waals surface area contributed by atoms with Gasteiger partial charge in [0, 0.05) is 18.1 Å². The molecule has 0 amide bonds. The van der Waals surface area contributed by atoms with Crippen LogP contribution in [-0.4, -0.2) is 32.5 Å². The summed E-state index contributed by atoms with van der Waals surface area (Å²) in [7, 11) is 4.84. The molecule has 2 unspecified atom stereocenters. The Bertz CT molecular complexity index is 524. The van der Waals surface area contributed by atoms with Crippen LogP contribution in [0.4, 0.5) is 0 Å². The number of rotatable bonds is 9. The standard InChI is InChI=1S/C18H26O4/c1-7-14(19)11-18(3,8-2)15-9-13(12-20-4)10-16(21-5)17(15)22-6/h7-10,14,19H,1-2,11-12H2,3-6H3. The molecule has 1 N–H and O–H groups in total. The molecule has 0 radical (unpaired) electrons. The van der Waals surface area contributed by atoms with E-state index in [0.29, 0.717) is 24.5 Å². The molecule has 0 saturated heterocycles. The summed E-state index contributed by atoms with van der Waals surface area (Å²) in [6, 6.07) is 3.89. The van der Waals surface area contributed by atoms with E-state index in [1.807, 2.05) is 25.1 Å². The van der Waals surface area contributed by atoms with Gasteiger partial charge in [-0.2, -0.15) is 0 Å². The molecule has 22 heavy (non-hydrogen) atoms. The van der Waals surface area contributed by atoms with Crippen LogP contribution >= 0.6 is 0 Å². The summed E-state index contributed by atoms with van der Waals surface area (Å²) in [6.45, 7) is 10.0. The third-order valence-electron chi connectivity index (χ3n) is 3.82. The maximum Gasteiger partial charge on any atom is 0.164 e. The Hall–Kier alpha value is -1.78. The molecule has 1 aromatic carbocycles. The van der Waals surface area contributed by atoms with Crippen LogP contribution in [0.3, 0.4) is 0 Å². The summed E-state index contributed by atoms with van der Waals surface area (Å²) >= 11 is 0. The number of ether oxygens (including phenoxy) is 3. The highest BCUT2D eigenvalue weighted by Gasteiger charge is 2.31. The highest BCUT2D eigenvalue weighted by Crippen LogP contribution is 2.42. The fourth-order valence-corrected chi connectivity index (χ4v) is 2.52. The van der Waals surface area contributed by atoms with Crippen molar-refractivity contribution in [1.29, 1.82) is 0 Å². The Balaban J connectivity index is 3.48. The fraction of sp³-hybridized carbons (Fsp3) is 0.444. The maximum absolute atomic E-state index is 9.99. The van der Waals surface area contributed by atoms with Gasteiger partial charge in [-0.1, -0.05) is 19.1 Å². The van der Waals surface area contributed by atoms with Crippen LogP contribution in [-0.2, 0) is 16.8 Å². The SMILES string of the molecule is C=CC(O)CC(C)(C=C)c1cc(COC)cc(OC)c1OC. The smallest absolute Gasteiger partial charge is 0.164 e. The second-order valence-electron chi connectivity index (χ2n) is 5.44. The molecule has 1 rings (SSSR count). The lowest BCUT2D eigenvalue weighted by Gasteiger charge is -2.30. The lowest BCUT2D eigenvalue weighted by Crippen LogP contribution is -2.26. The van der Waals surface area contributed by atoms with Gasteiger partial charge in [0.05, 0.1) is 26.9 Å². The van der Waals surface area contributed by atoms with Crippen molar-refractivity contribution in [3.05, 3.63) is 48.6 Å². The second kappa shape index (κ2) is 8.01. The minimum Gasteiger partial charge on any atom is -0.493 e. The third kappa shape index (κ3) is 3.90. The summed E-state index contributed by atoms with van der Waals surface area (Å²) < 4.78 is 16.2. The molecule has 0 fully saturated rings. The zero-order chi connectivity index (χ0) is 16.8. The lowest BCUT2D eigenvalue weighted by atomic mass is 9.76. The van der Waals surface area contributed by atoms with Crippen molar-refractivity contribution in [2.75, 3.05) is 21.3 Å². The fourth-order valence-electron chi connectivity index (χ4n) is 2.52. The predicted octanol–water partition coefficient (Wildman–Crippen LogP) is 3.23. The molecule has 2 atom stereocenters. The van der Waals surface area contributed by atoms with E-state index < -0.39 is 11.5 Å². The first kappa shape index (κ1) is 18.3. The first-order valence-corrected chi connectivity index (χ1v) is 7.14. The van der Waals surface area contributed by atoms with E-state index in [1.54, 1.807) is 21.3 Å². The van der Waals surface area contributed by atoms with E-state index in [4.69, 9.17) is 14.2 Å². The average Bonchev–Trinajstić information content (AvgIpc) is 2.53. The van der Waals surface area contributed by atoms with Crippen molar-refractivity contribution in [2.45, 2.75) is 31.5 Å².